The molecule has 0 radical (unpaired) electrons. The van der Waals surface area contributed by atoms with Gasteiger partial charge in [0.25, 0.3) is 15.9 Å². The van der Waals surface area contributed by atoms with Gasteiger partial charge in [-0.1, -0.05) is 12.1 Å². The lowest BCUT2D eigenvalue weighted by Crippen LogP contribution is -2.16. The Morgan fingerprint density at radius 3 is 2.25 bits per heavy atom. The van der Waals surface area contributed by atoms with Gasteiger partial charge in [-0.3, -0.25) is 9.52 Å². The lowest BCUT2D eigenvalue weighted by molar-refractivity contribution is 0.102. The summed E-state index contributed by atoms with van der Waals surface area (Å²) in [4.78, 5) is 12.6. The number of hydrogen-bond acceptors (Lipinski definition) is 7. The number of anilines is 2. The average molecular weight is 458 g/mol. The molecule has 3 aromatic carbocycles. The number of para-hydroxylation sites is 2. The Kier molecular flexibility index (Phi) is 6.74. The molecule has 0 aliphatic rings. The lowest BCUT2D eigenvalue weighted by Gasteiger charge is -2.14. The molecule has 0 aromatic heterocycles. The van der Waals surface area contributed by atoms with Crippen molar-refractivity contribution in [3.05, 3.63) is 66.2 Å². The molecule has 168 valence electrons. The van der Waals surface area contributed by atoms with Crippen molar-refractivity contribution in [2.75, 3.05) is 31.4 Å². The molecule has 0 bridgehead atoms. The van der Waals surface area contributed by atoms with Crippen molar-refractivity contribution in [2.24, 2.45) is 0 Å². The number of nitrogens with one attached hydrogen (secondary N) is 2. The van der Waals surface area contributed by atoms with Crippen LogP contribution in [0.5, 0.6) is 23.0 Å². The molecule has 0 fully saturated rings. The van der Waals surface area contributed by atoms with Crippen molar-refractivity contribution in [1.82, 2.24) is 0 Å². The number of methoxy groups -OCH3 is 3. The smallest absolute Gasteiger partial charge is 0.262 e. The van der Waals surface area contributed by atoms with Gasteiger partial charge in [0.15, 0.2) is 0 Å². The topological polar surface area (TPSA) is 123 Å². The lowest BCUT2D eigenvalue weighted by atomic mass is 10.1. The molecular formula is C22H22N2O7S. The summed E-state index contributed by atoms with van der Waals surface area (Å²) in [6.45, 7) is 0. The number of phenols is 1. The average Bonchev–Trinajstić information content (AvgIpc) is 2.79. The first-order chi connectivity index (χ1) is 15.3. The Bertz CT molecular complexity index is 1240. The summed E-state index contributed by atoms with van der Waals surface area (Å²) in [5.41, 5.74) is 0.334. The van der Waals surface area contributed by atoms with Crippen LogP contribution in [-0.4, -0.2) is 40.8 Å². The van der Waals surface area contributed by atoms with Crippen LogP contribution < -0.4 is 24.2 Å². The molecular weight excluding hydrogens is 436 g/mol. The first-order valence-electron chi connectivity index (χ1n) is 9.31. The van der Waals surface area contributed by atoms with Gasteiger partial charge in [0, 0.05) is 6.07 Å². The summed E-state index contributed by atoms with van der Waals surface area (Å²) in [5, 5.41) is 12.7. The van der Waals surface area contributed by atoms with Crippen LogP contribution in [0.3, 0.4) is 0 Å². The summed E-state index contributed by atoms with van der Waals surface area (Å²) in [5.74, 6) is 0.184. The van der Waals surface area contributed by atoms with Crippen molar-refractivity contribution in [1.29, 1.82) is 0 Å². The van der Waals surface area contributed by atoms with Crippen molar-refractivity contribution < 1.29 is 32.5 Å². The number of carbonyl (C=O) groups excluding carboxylic acids is 1. The standard InChI is InChI=1S/C22H22N2O7S/c1-29-14-8-10-16(21(12-14)31-3)22(26)23-18-13-15(9-11-19(18)25)32(27,28)24-17-6-4-5-7-20(17)30-2/h4-13,24-25H,1-3H3,(H,23,26). The fraction of sp³-hybridized carbons (Fsp3) is 0.136. The molecule has 0 spiro atoms. The van der Waals surface area contributed by atoms with E-state index < -0.39 is 15.9 Å². The fourth-order valence-corrected chi connectivity index (χ4v) is 3.99. The maximum absolute atomic E-state index is 12.9. The van der Waals surface area contributed by atoms with Gasteiger partial charge in [0.2, 0.25) is 0 Å². The molecule has 1 amide bonds. The quantitative estimate of drug-likeness (QED) is 0.442. The summed E-state index contributed by atoms with van der Waals surface area (Å²) in [6.07, 6.45) is 0. The third kappa shape index (κ3) is 4.86. The van der Waals surface area contributed by atoms with Gasteiger partial charge in [-0.2, -0.15) is 0 Å². The van der Waals surface area contributed by atoms with Crippen LogP contribution in [0, 0.1) is 0 Å². The molecule has 10 heteroatoms. The Balaban J connectivity index is 1.90. The number of rotatable bonds is 8. The minimum Gasteiger partial charge on any atom is -0.506 e. The minimum absolute atomic E-state index is 0.0872. The van der Waals surface area contributed by atoms with Crippen LogP contribution in [0.1, 0.15) is 10.4 Å². The van der Waals surface area contributed by atoms with Crippen LogP contribution in [0.25, 0.3) is 0 Å². The number of ether oxygens (including phenoxy) is 3. The molecule has 0 saturated carbocycles. The molecule has 0 atom stereocenters. The highest BCUT2D eigenvalue weighted by molar-refractivity contribution is 7.92. The fourth-order valence-electron chi connectivity index (χ4n) is 2.89. The predicted molar refractivity (Wildman–Crippen MR) is 119 cm³/mol. The van der Waals surface area contributed by atoms with E-state index in [1.54, 1.807) is 30.3 Å². The molecule has 0 aliphatic heterocycles. The first kappa shape index (κ1) is 22.8. The molecule has 9 nitrogen and oxygen atoms in total. The zero-order valence-electron chi connectivity index (χ0n) is 17.6. The number of benzene rings is 3. The molecule has 0 unspecified atom stereocenters. The van der Waals surface area contributed by atoms with E-state index in [4.69, 9.17) is 14.2 Å². The predicted octanol–water partition coefficient (Wildman–Crippen LogP) is 3.47. The van der Waals surface area contributed by atoms with E-state index in [9.17, 15) is 18.3 Å². The summed E-state index contributed by atoms with van der Waals surface area (Å²) in [7, 11) is 0.271. The number of aromatic hydroxyl groups is 1. The van der Waals surface area contributed by atoms with Gasteiger partial charge in [-0.25, -0.2) is 8.42 Å². The highest BCUT2D eigenvalue weighted by Crippen LogP contribution is 2.31. The SMILES string of the molecule is COc1ccc(C(=O)Nc2cc(S(=O)(=O)Nc3ccccc3OC)ccc2O)c(OC)c1. The summed E-state index contributed by atoms with van der Waals surface area (Å²) >= 11 is 0. The van der Waals surface area contributed by atoms with Crippen molar-refractivity contribution >= 4 is 27.3 Å². The van der Waals surface area contributed by atoms with Crippen LogP contribution >= 0.6 is 0 Å². The second-order valence-electron chi connectivity index (χ2n) is 6.51. The van der Waals surface area contributed by atoms with Crippen LogP contribution in [0.15, 0.2) is 65.6 Å². The summed E-state index contributed by atoms with van der Waals surface area (Å²) in [6, 6.07) is 14.7. The third-order valence-corrected chi connectivity index (χ3v) is 5.89. The number of sulfonamides is 1. The van der Waals surface area contributed by atoms with Gasteiger partial charge >= 0.3 is 0 Å². The van der Waals surface area contributed by atoms with Crippen LogP contribution in [0.4, 0.5) is 11.4 Å². The molecule has 3 N–H and O–H groups in total. The van der Waals surface area contributed by atoms with E-state index in [1.165, 1.54) is 45.6 Å². The monoisotopic (exact) mass is 458 g/mol. The van der Waals surface area contributed by atoms with E-state index in [2.05, 4.69) is 10.0 Å². The molecule has 0 heterocycles. The van der Waals surface area contributed by atoms with Crippen molar-refractivity contribution in [2.45, 2.75) is 4.90 Å². The summed E-state index contributed by atoms with van der Waals surface area (Å²) < 4.78 is 43.7. The number of phenolic OH excluding ortho intramolecular Hbond substituents is 1. The maximum atomic E-state index is 12.9. The van der Waals surface area contributed by atoms with E-state index in [-0.39, 0.29) is 33.3 Å². The molecule has 0 aliphatic carbocycles. The number of carbonyl (C=O) groups is 1. The largest absolute Gasteiger partial charge is 0.506 e. The van der Waals surface area contributed by atoms with E-state index in [0.717, 1.165) is 6.07 Å². The second-order valence-corrected chi connectivity index (χ2v) is 8.19. The highest BCUT2D eigenvalue weighted by Gasteiger charge is 2.20. The van der Waals surface area contributed by atoms with Crippen molar-refractivity contribution in [3.63, 3.8) is 0 Å². The van der Waals surface area contributed by atoms with Gasteiger partial charge in [0.1, 0.15) is 23.0 Å². The van der Waals surface area contributed by atoms with E-state index in [1.807, 2.05) is 0 Å². The van der Waals surface area contributed by atoms with Crippen molar-refractivity contribution in [3.8, 4) is 23.0 Å². The Morgan fingerprint density at radius 2 is 1.56 bits per heavy atom. The maximum Gasteiger partial charge on any atom is 0.262 e. The normalized spacial score (nSPS) is 10.8. The number of amides is 1. The van der Waals surface area contributed by atoms with Crippen LogP contribution in [-0.2, 0) is 10.0 Å². The van der Waals surface area contributed by atoms with E-state index in [0.29, 0.717) is 11.5 Å². The van der Waals surface area contributed by atoms with E-state index >= 15 is 0 Å². The number of hydrogen-bond donors (Lipinski definition) is 3. The Labute approximate surface area is 185 Å². The van der Waals surface area contributed by atoms with Gasteiger partial charge in [-0.15, -0.1) is 0 Å². The van der Waals surface area contributed by atoms with Crippen LogP contribution in [0.2, 0.25) is 0 Å². The Morgan fingerprint density at radius 1 is 0.844 bits per heavy atom. The first-order valence-corrected chi connectivity index (χ1v) is 10.8. The van der Waals surface area contributed by atoms with Gasteiger partial charge < -0.3 is 24.6 Å². The zero-order valence-corrected chi connectivity index (χ0v) is 18.4. The van der Waals surface area contributed by atoms with Gasteiger partial charge in [0.05, 0.1) is 43.2 Å². The second kappa shape index (κ2) is 9.48. The third-order valence-electron chi connectivity index (χ3n) is 4.53. The van der Waals surface area contributed by atoms with Gasteiger partial charge in [-0.05, 0) is 42.5 Å². The highest BCUT2D eigenvalue weighted by atomic mass is 32.2. The minimum atomic E-state index is -4.04. The zero-order chi connectivity index (χ0) is 23.3. The molecule has 32 heavy (non-hydrogen) atoms. The Hall–Kier alpha value is -3.92. The molecule has 0 saturated heterocycles. The molecule has 3 rings (SSSR count). The molecule has 3 aromatic rings.